The molecular weight excluding hydrogens is 482 g/mol. The molecule has 2 unspecified atom stereocenters. The summed E-state index contributed by atoms with van der Waals surface area (Å²) in [7, 11) is 1.18. The standard InChI is InChI=1S/C22H29N3O9S/c1-11-7-25(3-4-33-11)18(19(23)28)14-8-34-21(30)13-5-12(26)6-17(27)15(13)9-35-10-16(22(31)32-2)24-20(14)29/h5-6,11,14,16,18,26-27H,3-4,7-10H2,1-2H3,(H2,23,28)(H,24,29)/t11?,14-,16+,18?/m1/s1. The largest absolute Gasteiger partial charge is 0.508 e. The molecule has 2 aliphatic heterocycles. The number of hydrogen-bond acceptors (Lipinski definition) is 11. The highest BCUT2D eigenvalue weighted by Crippen LogP contribution is 2.32. The molecule has 1 fully saturated rings. The van der Waals surface area contributed by atoms with E-state index in [-0.39, 0.29) is 40.2 Å². The molecule has 2 amide bonds. The lowest BCUT2D eigenvalue weighted by Crippen LogP contribution is -2.60. The van der Waals surface area contributed by atoms with Crippen LogP contribution in [0.15, 0.2) is 12.1 Å². The summed E-state index contributed by atoms with van der Waals surface area (Å²) in [6.45, 7) is 2.21. The monoisotopic (exact) mass is 511 g/mol. The molecule has 2 aliphatic rings. The number of hydrogen-bond donors (Lipinski definition) is 4. The Morgan fingerprint density at radius 3 is 2.71 bits per heavy atom. The Bertz CT molecular complexity index is 989. The van der Waals surface area contributed by atoms with E-state index in [9.17, 15) is 29.4 Å². The topological polar surface area (TPSA) is 178 Å². The number of methoxy groups -OCH3 is 1. The molecule has 2 heterocycles. The lowest BCUT2D eigenvalue weighted by atomic mass is 9.95. The molecular formula is C22H29N3O9S. The van der Waals surface area contributed by atoms with Crippen molar-refractivity contribution < 1.29 is 43.6 Å². The Kier molecular flexibility index (Phi) is 8.81. The van der Waals surface area contributed by atoms with Crippen LogP contribution >= 0.6 is 11.8 Å². The summed E-state index contributed by atoms with van der Waals surface area (Å²) >= 11 is 1.15. The Labute approximate surface area is 206 Å². The van der Waals surface area contributed by atoms with Crippen LogP contribution in [0, 0.1) is 5.92 Å². The normalized spacial score (nSPS) is 25.1. The van der Waals surface area contributed by atoms with Crippen LogP contribution in [0.25, 0.3) is 0 Å². The minimum Gasteiger partial charge on any atom is -0.508 e. The summed E-state index contributed by atoms with van der Waals surface area (Å²) in [4.78, 5) is 52.8. The number of benzene rings is 1. The van der Waals surface area contributed by atoms with Gasteiger partial charge in [0.2, 0.25) is 11.8 Å². The maximum absolute atomic E-state index is 13.3. The third kappa shape index (κ3) is 6.35. The van der Waals surface area contributed by atoms with E-state index in [0.29, 0.717) is 19.7 Å². The number of aromatic hydroxyl groups is 2. The van der Waals surface area contributed by atoms with Crippen LogP contribution in [0.2, 0.25) is 0 Å². The van der Waals surface area contributed by atoms with Crippen molar-refractivity contribution in [3.63, 3.8) is 0 Å². The van der Waals surface area contributed by atoms with Crippen molar-refractivity contribution in [3.8, 4) is 11.5 Å². The van der Waals surface area contributed by atoms with Crippen molar-refractivity contribution in [1.82, 2.24) is 10.2 Å². The second kappa shape index (κ2) is 11.6. The molecule has 1 aromatic rings. The maximum atomic E-state index is 13.3. The highest BCUT2D eigenvalue weighted by Gasteiger charge is 2.41. The smallest absolute Gasteiger partial charge is 0.338 e. The summed E-state index contributed by atoms with van der Waals surface area (Å²) in [6, 6.07) is 0.00478. The second-order valence-corrected chi connectivity index (χ2v) is 9.35. The summed E-state index contributed by atoms with van der Waals surface area (Å²) < 4.78 is 15.7. The number of cyclic esters (lactones) is 1. The van der Waals surface area contributed by atoms with Crippen molar-refractivity contribution in [2.45, 2.75) is 30.9 Å². The van der Waals surface area contributed by atoms with E-state index < -0.39 is 48.4 Å². The van der Waals surface area contributed by atoms with E-state index in [1.165, 1.54) is 7.11 Å². The van der Waals surface area contributed by atoms with Gasteiger partial charge in [-0.25, -0.2) is 9.59 Å². The average Bonchev–Trinajstić information content (AvgIpc) is 2.80. The predicted molar refractivity (Wildman–Crippen MR) is 124 cm³/mol. The number of phenolic OH excluding ortho intramolecular Hbond substituents is 2. The number of nitrogens with zero attached hydrogens (tertiary/aromatic N) is 1. The molecule has 0 radical (unpaired) electrons. The van der Waals surface area contributed by atoms with Gasteiger partial charge in [-0.1, -0.05) is 0 Å². The Morgan fingerprint density at radius 1 is 1.31 bits per heavy atom. The van der Waals surface area contributed by atoms with Crippen molar-refractivity contribution in [1.29, 1.82) is 0 Å². The van der Waals surface area contributed by atoms with Crippen LogP contribution in [-0.2, 0) is 34.3 Å². The van der Waals surface area contributed by atoms with Gasteiger partial charge in [-0.3, -0.25) is 14.5 Å². The molecule has 3 rings (SSSR count). The van der Waals surface area contributed by atoms with Crippen molar-refractivity contribution in [2.75, 3.05) is 39.2 Å². The number of nitrogens with one attached hydrogen (secondary N) is 1. The van der Waals surface area contributed by atoms with Crippen molar-refractivity contribution >= 4 is 35.5 Å². The van der Waals surface area contributed by atoms with Gasteiger partial charge in [0.25, 0.3) is 0 Å². The number of fused-ring (bicyclic) bond motifs is 1. The molecule has 5 N–H and O–H groups in total. The molecule has 1 aromatic carbocycles. The number of phenols is 2. The first-order valence-corrected chi connectivity index (χ1v) is 12.1. The van der Waals surface area contributed by atoms with Gasteiger partial charge < -0.3 is 35.5 Å². The molecule has 0 aliphatic carbocycles. The lowest BCUT2D eigenvalue weighted by Gasteiger charge is -2.38. The zero-order valence-electron chi connectivity index (χ0n) is 19.4. The molecule has 1 saturated heterocycles. The van der Waals surface area contributed by atoms with Gasteiger partial charge in [0.05, 0.1) is 31.3 Å². The van der Waals surface area contributed by atoms with Crippen molar-refractivity contribution in [3.05, 3.63) is 23.3 Å². The number of nitrogens with two attached hydrogens (primary N) is 1. The predicted octanol–water partition coefficient (Wildman–Crippen LogP) is -0.650. The van der Waals surface area contributed by atoms with E-state index >= 15 is 0 Å². The van der Waals surface area contributed by atoms with Gasteiger partial charge in [-0.15, -0.1) is 0 Å². The Balaban J connectivity index is 2.00. The minimum atomic E-state index is -1.26. The number of esters is 2. The molecule has 4 atom stereocenters. The van der Waals surface area contributed by atoms with Crippen LogP contribution in [0.5, 0.6) is 11.5 Å². The fourth-order valence-corrected chi connectivity index (χ4v) is 5.21. The molecule has 0 aromatic heterocycles. The van der Waals surface area contributed by atoms with Crippen molar-refractivity contribution in [2.24, 2.45) is 11.7 Å². The van der Waals surface area contributed by atoms with Gasteiger partial charge in [-0.05, 0) is 13.0 Å². The Hall–Kier alpha value is -3.03. The highest BCUT2D eigenvalue weighted by molar-refractivity contribution is 7.98. The third-order valence-electron chi connectivity index (χ3n) is 5.83. The van der Waals surface area contributed by atoms with Gasteiger partial charge in [0, 0.05) is 36.2 Å². The summed E-state index contributed by atoms with van der Waals surface area (Å²) in [5.74, 6) is -4.92. The minimum absolute atomic E-state index is 0.0514. The maximum Gasteiger partial charge on any atom is 0.338 e. The molecule has 13 heteroatoms. The van der Waals surface area contributed by atoms with Gasteiger partial charge in [-0.2, -0.15) is 11.8 Å². The number of thioether (sulfide) groups is 1. The number of ether oxygens (including phenoxy) is 3. The van der Waals surface area contributed by atoms with E-state index in [0.717, 1.165) is 23.9 Å². The third-order valence-corrected chi connectivity index (χ3v) is 6.90. The van der Waals surface area contributed by atoms with Crippen LogP contribution in [0.1, 0.15) is 22.8 Å². The van der Waals surface area contributed by atoms with Gasteiger partial charge in [0.15, 0.2) is 0 Å². The zero-order valence-corrected chi connectivity index (χ0v) is 20.2. The quantitative estimate of drug-likeness (QED) is 0.378. The van der Waals surface area contributed by atoms with Crippen LogP contribution in [0.4, 0.5) is 0 Å². The average molecular weight is 512 g/mol. The SMILES string of the molecule is COC(=O)[C@@H]1CSCc2c(O)cc(O)cc2C(=O)OC[C@H](C(C(N)=O)N2CCOC(C)C2)C(=O)N1. The van der Waals surface area contributed by atoms with Crippen LogP contribution in [-0.4, -0.2) is 96.2 Å². The molecule has 192 valence electrons. The lowest BCUT2D eigenvalue weighted by molar-refractivity contribution is -0.147. The summed E-state index contributed by atoms with van der Waals surface area (Å²) in [5.41, 5.74) is 5.79. The first kappa shape index (κ1) is 26.6. The first-order valence-electron chi connectivity index (χ1n) is 10.9. The summed E-state index contributed by atoms with van der Waals surface area (Å²) in [5, 5.41) is 22.8. The van der Waals surface area contributed by atoms with Gasteiger partial charge in [0.1, 0.15) is 30.2 Å². The number of amides is 2. The fraction of sp³-hybridized carbons (Fsp3) is 0.545. The fourth-order valence-electron chi connectivity index (χ4n) is 4.13. The van der Waals surface area contributed by atoms with Gasteiger partial charge >= 0.3 is 11.9 Å². The summed E-state index contributed by atoms with van der Waals surface area (Å²) in [6.07, 6.45) is -0.223. The number of morpholine rings is 1. The number of carbonyl (C=O) groups excluding carboxylic acids is 4. The van der Waals surface area contributed by atoms with E-state index in [1.807, 2.05) is 6.92 Å². The zero-order chi connectivity index (χ0) is 25.7. The second-order valence-electron chi connectivity index (χ2n) is 8.32. The van der Waals surface area contributed by atoms with Crippen LogP contribution in [0.3, 0.4) is 0 Å². The molecule has 12 nitrogen and oxygen atoms in total. The van der Waals surface area contributed by atoms with E-state index in [1.54, 1.807) is 4.90 Å². The molecule has 0 saturated carbocycles. The van der Waals surface area contributed by atoms with E-state index in [2.05, 4.69) is 5.32 Å². The molecule has 0 bridgehead atoms. The number of carbonyl (C=O) groups is 4. The first-order chi connectivity index (χ1) is 16.6. The van der Waals surface area contributed by atoms with Crippen LogP contribution < -0.4 is 11.1 Å². The number of primary amides is 1. The Morgan fingerprint density at radius 2 is 2.06 bits per heavy atom. The number of rotatable bonds is 4. The van der Waals surface area contributed by atoms with E-state index in [4.69, 9.17) is 19.9 Å². The molecule has 0 spiro atoms. The highest BCUT2D eigenvalue weighted by atomic mass is 32.2. The molecule has 35 heavy (non-hydrogen) atoms.